The molecule has 0 unspecified atom stereocenters. The summed E-state index contributed by atoms with van der Waals surface area (Å²) in [5.74, 6) is 0. The fraction of sp³-hybridized carbons (Fsp3) is 0.150. The van der Waals surface area contributed by atoms with Crippen LogP contribution in [0.2, 0.25) is 0 Å². The SMILES string of the molecule is Cc1ccc2c(c1)CC/C2=C\c1ccnc2ccccc12. The molecule has 0 aliphatic heterocycles. The number of rotatable bonds is 1. The quantitative estimate of drug-likeness (QED) is 0.605. The number of pyridine rings is 1. The van der Waals surface area contributed by atoms with Gasteiger partial charge in [0.15, 0.2) is 0 Å². The van der Waals surface area contributed by atoms with E-state index in [2.05, 4.69) is 60.4 Å². The molecule has 0 fully saturated rings. The van der Waals surface area contributed by atoms with Crippen LogP contribution in [0.5, 0.6) is 0 Å². The van der Waals surface area contributed by atoms with Crippen LogP contribution in [-0.4, -0.2) is 4.98 Å². The highest BCUT2D eigenvalue weighted by atomic mass is 14.6. The zero-order chi connectivity index (χ0) is 14.2. The summed E-state index contributed by atoms with van der Waals surface area (Å²) in [5, 5.41) is 1.23. The number of aryl methyl sites for hydroxylation is 2. The first-order valence-corrected chi connectivity index (χ1v) is 7.45. The van der Waals surface area contributed by atoms with Crippen LogP contribution in [0.1, 0.15) is 28.7 Å². The third-order valence-electron chi connectivity index (χ3n) is 4.28. The first kappa shape index (κ1) is 12.3. The van der Waals surface area contributed by atoms with Gasteiger partial charge in [0.05, 0.1) is 5.52 Å². The van der Waals surface area contributed by atoms with E-state index < -0.39 is 0 Å². The predicted octanol–water partition coefficient (Wildman–Crippen LogP) is 5.03. The number of hydrogen-bond acceptors (Lipinski definition) is 1. The Labute approximate surface area is 125 Å². The number of fused-ring (bicyclic) bond motifs is 2. The lowest BCUT2D eigenvalue weighted by Crippen LogP contribution is -1.85. The zero-order valence-corrected chi connectivity index (χ0v) is 12.1. The number of allylic oxidation sites excluding steroid dienone is 1. The molecule has 2 aromatic carbocycles. The Morgan fingerprint density at radius 2 is 1.90 bits per heavy atom. The maximum Gasteiger partial charge on any atom is 0.0707 e. The van der Waals surface area contributed by atoms with Crippen molar-refractivity contribution >= 4 is 22.6 Å². The smallest absolute Gasteiger partial charge is 0.0707 e. The molecular formula is C20H17N. The average Bonchev–Trinajstić information content (AvgIpc) is 2.90. The van der Waals surface area contributed by atoms with Gasteiger partial charge in [0.2, 0.25) is 0 Å². The summed E-state index contributed by atoms with van der Waals surface area (Å²) in [7, 11) is 0. The van der Waals surface area contributed by atoms with E-state index >= 15 is 0 Å². The second-order valence-corrected chi connectivity index (χ2v) is 5.75. The maximum atomic E-state index is 4.44. The Morgan fingerprint density at radius 1 is 1.00 bits per heavy atom. The van der Waals surface area contributed by atoms with Gasteiger partial charge in [-0.1, -0.05) is 48.0 Å². The Morgan fingerprint density at radius 3 is 2.86 bits per heavy atom. The molecule has 0 N–H and O–H groups in total. The van der Waals surface area contributed by atoms with Gasteiger partial charge in [-0.3, -0.25) is 4.98 Å². The van der Waals surface area contributed by atoms with Crippen molar-refractivity contribution < 1.29 is 0 Å². The lowest BCUT2D eigenvalue weighted by Gasteiger charge is -2.05. The van der Waals surface area contributed by atoms with Gasteiger partial charge in [-0.25, -0.2) is 0 Å². The van der Waals surface area contributed by atoms with Crippen LogP contribution in [0, 0.1) is 6.92 Å². The number of para-hydroxylation sites is 1. The minimum absolute atomic E-state index is 1.06. The monoisotopic (exact) mass is 271 g/mol. The molecule has 1 aliphatic carbocycles. The first-order valence-electron chi connectivity index (χ1n) is 7.45. The van der Waals surface area contributed by atoms with E-state index in [-0.39, 0.29) is 0 Å². The molecule has 0 saturated heterocycles. The van der Waals surface area contributed by atoms with Crippen molar-refractivity contribution in [1.82, 2.24) is 4.98 Å². The molecule has 0 bridgehead atoms. The van der Waals surface area contributed by atoms with Gasteiger partial charge in [0.25, 0.3) is 0 Å². The minimum atomic E-state index is 1.06. The highest BCUT2D eigenvalue weighted by molar-refractivity contribution is 5.94. The molecule has 21 heavy (non-hydrogen) atoms. The third-order valence-corrected chi connectivity index (χ3v) is 4.28. The number of nitrogens with zero attached hydrogens (tertiary/aromatic N) is 1. The van der Waals surface area contributed by atoms with Crippen LogP contribution in [0.25, 0.3) is 22.6 Å². The summed E-state index contributed by atoms with van der Waals surface area (Å²) < 4.78 is 0. The van der Waals surface area contributed by atoms with Crippen LogP contribution in [0.3, 0.4) is 0 Å². The van der Waals surface area contributed by atoms with Gasteiger partial charge < -0.3 is 0 Å². The highest BCUT2D eigenvalue weighted by Crippen LogP contribution is 2.35. The summed E-state index contributed by atoms with van der Waals surface area (Å²) >= 11 is 0. The summed E-state index contributed by atoms with van der Waals surface area (Å²) in [5.41, 5.74) is 8.03. The highest BCUT2D eigenvalue weighted by Gasteiger charge is 2.16. The van der Waals surface area contributed by atoms with Crippen molar-refractivity contribution in [2.24, 2.45) is 0 Å². The van der Waals surface area contributed by atoms with Gasteiger partial charge in [-0.2, -0.15) is 0 Å². The van der Waals surface area contributed by atoms with Crippen molar-refractivity contribution in [3.63, 3.8) is 0 Å². The number of aromatic nitrogens is 1. The molecule has 0 spiro atoms. The maximum absolute atomic E-state index is 4.44. The second kappa shape index (κ2) is 4.85. The summed E-state index contributed by atoms with van der Waals surface area (Å²) in [6.07, 6.45) is 6.53. The average molecular weight is 271 g/mol. The van der Waals surface area contributed by atoms with E-state index in [9.17, 15) is 0 Å². The molecule has 1 heterocycles. The van der Waals surface area contributed by atoms with Crippen LogP contribution in [0.15, 0.2) is 54.7 Å². The zero-order valence-electron chi connectivity index (χ0n) is 12.1. The van der Waals surface area contributed by atoms with Gasteiger partial charge in [-0.05, 0) is 54.2 Å². The van der Waals surface area contributed by atoms with E-state index in [1.807, 2.05) is 12.3 Å². The molecule has 102 valence electrons. The van der Waals surface area contributed by atoms with E-state index in [0.29, 0.717) is 0 Å². The summed E-state index contributed by atoms with van der Waals surface area (Å²) in [6, 6.07) is 17.3. The predicted molar refractivity (Wildman–Crippen MR) is 89.1 cm³/mol. The second-order valence-electron chi connectivity index (χ2n) is 5.75. The van der Waals surface area contributed by atoms with Crippen LogP contribution < -0.4 is 0 Å². The van der Waals surface area contributed by atoms with E-state index in [0.717, 1.165) is 18.4 Å². The Hall–Kier alpha value is -2.41. The normalized spacial score (nSPS) is 15.6. The molecule has 1 nitrogen and oxygen atoms in total. The van der Waals surface area contributed by atoms with Crippen LogP contribution in [0.4, 0.5) is 0 Å². The molecule has 0 saturated carbocycles. The minimum Gasteiger partial charge on any atom is -0.256 e. The molecule has 4 rings (SSSR count). The fourth-order valence-corrected chi connectivity index (χ4v) is 3.23. The molecule has 1 heteroatoms. The lowest BCUT2D eigenvalue weighted by atomic mass is 10.0. The van der Waals surface area contributed by atoms with Gasteiger partial charge in [-0.15, -0.1) is 0 Å². The summed E-state index contributed by atoms with van der Waals surface area (Å²) in [4.78, 5) is 4.44. The van der Waals surface area contributed by atoms with E-state index in [1.54, 1.807) is 0 Å². The standard InChI is InChI=1S/C20H17N/c1-14-6-9-18-15(12-14)7-8-16(18)13-17-10-11-21-20-5-3-2-4-19(17)20/h2-6,9-13H,7-8H2,1H3/b16-13+. The molecule has 0 amide bonds. The molecule has 1 aliphatic rings. The number of hydrogen-bond donors (Lipinski definition) is 0. The summed E-state index contributed by atoms with van der Waals surface area (Å²) in [6.45, 7) is 2.17. The molecular weight excluding hydrogens is 254 g/mol. The Kier molecular flexibility index (Phi) is 2.85. The van der Waals surface area contributed by atoms with Crippen molar-refractivity contribution in [2.45, 2.75) is 19.8 Å². The van der Waals surface area contributed by atoms with Crippen molar-refractivity contribution in [2.75, 3.05) is 0 Å². The van der Waals surface area contributed by atoms with E-state index in [1.165, 1.54) is 33.2 Å². The molecule has 0 atom stereocenters. The number of benzene rings is 2. The van der Waals surface area contributed by atoms with Crippen molar-refractivity contribution in [3.8, 4) is 0 Å². The largest absolute Gasteiger partial charge is 0.256 e. The van der Waals surface area contributed by atoms with Gasteiger partial charge in [0, 0.05) is 11.6 Å². The van der Waals surface area contributed by atoms with Crippen LogP contribution in [-0.2, 0) is 6.42 Å². The fourth-order valence-electron chi connectivity index (χ4n) is 3.23. The molecule has 1 aromatic heterocycles. The third kappa shape index (κ3) is 2.15. The molecule has 0 radical (unpaired) electrons. The Bertz CT molecular complexity index is 853. The van der Waals surface area contributed by atoms with Gasteiger partial charge in [0.1, 0.15) is 0 Å². The Balaban J connectivity index is 1.86. The van der Waals surface area contributed by atoms with Crippen molar-refractivity contribution in [3.05, 3.63) is 77.0 Å². The van der Waals surface area contributed by atoms with Crippen molar-refractivity contribution in [1.29, 1.82) is 0 Å². The lowest BCUT2D eigenvalue weighted by molar-refractivity contribution is 1.08. The van der Waals surface area contributed by atoms with Gasteiger partial charge >= 0.3 is 0 Å². The van der Waals surface area contributed by atoms with E-state index in [4.69, 9.17) is 0 Å². The van der Waals surface area contributed by atoms with Crippen LogP contribution >= 0.6 is 0 Å². The topological polar surface area (TPSA) is 12.9 Å². The molecule has 3 aromatic rings. The first-order chi connectivity index (χ1) is 10.3.